The van der Waals surface area contributed by atoms with Crippen molar-refractivity contribution in [3.63, 3.8) is 0 Å². The molecule has 0 spiro atoms. The molecule has 0 bridgehead atoms. The van der Waals surface area contributed by atoms with Crippen molar-refractivity contribution < 1.29 is 19.1 Å². The summed E-state index contributed by atoms with van der Waals surface area (Å²) >= 11 is 1.50. The van der Waals surface area contributed by atoms with E-state index in [1.54, 1.807) is 24.0 Å². The molecule has 1 aliphatic rings. The lowest BCUT2D eigenvalue weighted by Gasteiger charge is -2.28. The number of amides is 1. The van der Waals surface area contributed by atoms with Crippen LogP contribution in [0.2, 0.25) is 0 Å². The maximum atomic E-state index is 12.5. The van der Waals surface area contributed by atoms with Crippen LogP contribution in [0.4, 0.5) is 5.69 Å². The van der Waals surface area contributed by atoms with Crippen molar-refractivity contribution in [2.75, 3.05) is 17.2 Å². The van der Waals surface area contributed by atoms with E-state index in [1.165, 1.54) is 11.8 Å². The Morgan fingerprint density at radius 3 is 2.57 bits per heavy atom. The van der Waals surface area contributed by atoms with E-state index in [4.69, 9.17) is 4.74 Å². The fraction of sp³-hybridized carbons (Fsp3) is 0.318. The fourth-order valence-corrected chi connectivity index (χ4v) is 3.99. The number of anilines is 1. The Balaban J connectivity index is 1.56. The van der Waals surface area contributed by atoms with Gasteiger partial charge in [-0.3, -0.25) is 14.4 Å². The number of nitrogens with zero attached hydrogens (tertiary/aromatic N) is 1. The molecule has 28 heavy (non-hydrogen) atoms. The zero-order valence-electron chi connectivity index (χ0n) is 16.0. The number of carbonyl (C=O) groups excluding carboxylic acids is 3. The number of esters is 1. The van der Waals surface area contributed by atoms with E-state index in [0.29, 0.717) is 11.3 Å². The Bertz CT molecular complexity index is 878. The predicted octanol–water partition coefficient (Wildman–Crippen LogP) is 3.89. The van der Waals surface area contributed by atoms with Gasteiger partial charge in [0.25, 0.3) is 0 Å². The molecule has 0 saturated carbocycles. The number of hydrogen-bond donors (Lipinski definition) is 0. The van der Waals surface area contributed by atoms with Gasteiger partial charge in [-0.05, 0) is 31.0 Å². The molecular formula is C22H23NO4S. The number of fused-ring (bicyclic) bond motifs is 1. The van der Waals surface area contributed by atoms with Gasteiger partial charge in [0.05, 0.1) is 17.9 Å². The summed E-state index contributed by atoms with van der Waals surface area (Å²) in [5, 5.41) is 0. The predicted molar refractivity (Wildman–Crippen MR) is 110 cm³/mol. The summed E-state index contributed by atoms with van der Waals surface area (Å²) in [6.45, 7) is 3.86. The Kier molecular flexibility index (Phi) is 6.52. The minimum absolute atomic E-state index is 0.0309. The third kappa shape index (κ3) is 4.62. The quantitative estimate of drug-likeness (QED) is 0.524. The molecule has 0 N–H and O–H groups in total. The van der Waals surface area contributed by atoms with Crippen LogP contribution in [-0.4, -0.2) is 36.1 Å². The van der Waals surface area contributed by atoms with Crippen LogP contribution in [0.15, 0.2) is 53.4 Å². The van der Waals surface area contributed by atoms with Crippen molar-refractivity contribution in [3.8, 4) is 0 Å². The third-order valence-corrected chi connectivity index (χ3v) is 5.72. The van der Waals surface area contributed by atoms with E-state index in [1.807, 2.05) is 43.3 Å². The topological polar surface area (TPSA) is 63.7 Å². The maximum Gasteiger partial charge on any atom is 0.308 e. The zero-order chi connectivity index (χ0) is 20.1. The number of ether oxygens (including phenoxy) is 1. The van der Waals surface area contributed by atoms with Crippen molar-refractivity contribution >= 4 is 35.1 Å². The van der Waals surface area contributed by atoms with Gasteiger partial charge in [0.15, 0.2) is 6.10 Å². The SMILES string of the molecule is CCc1ccc(C(=O)[C@@H](C)OC(=O)CCN2C(=O)CSc3ccccc32)cc1. The minimum atomic E-state index is -0.861. The van der Waals surface area contributed by atoms with Crippen molar-refractivity contribution in [1.29, 1.82) is 0 Å². The second-order valence-corrected chi connectivity index (χ2v) is 7.62. The van der Waals surface area contributed by atoms with Gasteiger partial charge in [-0.2, -0.15) is 0 Å². The summed E-state index contributed by atoms with van der Waals surface area (Å²) in [6, 6.07) is 14.9. The number of aryl methyl sites for hydroxylation is 1. The first-order valence-electron chi connectivity index (χ1n) is 9.34. The Morgan fingerprint density at radius 2 is 1.86 bits per heavy atom. The Morgan fingerprint density at radius 1 is 1.14 bits per heavy atom. The minimum Gasteiger partial charge on any atom is -0.454 e. The van der Waals surface area contributed by atoms with Gasteiger partial charge in [0, 0.05) is 17.0 Å². The molecule has 6 heteroatoms. The lowest BCUT2D eigenvalue weighted by atomic mass is 10.0. The highest BCUT2D eigenvalue weighted by Gasteiger charge is 2.26. The second-order valence-electron chi connectivity index (χ2n) is 6.60. The summed E-state index contributed by atoms with van der Waals surface area (Å²) in [5.74, 6) is -0.396. The highest BCUT2D eigenvalue weighted by molar-refractivity contribution is 8.00. The van der Waals surface area contributed by atoms with Gasteiger partial charge in [0.2, 0.25) is 11.7 Å². The lowest BCUT2D eigenvalue weighted by Crippen LogP contribution is -2.37. The first kappa shape index (κ1) is 20.1. The molecular weight excluding hydrogens is 374 g/mol. The molecule has 0 aliphatic carbocycles. The Labute approximate surface area is 169 Å². The molecule has 0 unspecified atom stereocenters. The average Bonchev–Trinajstić information content (AvgIpc) is 2.72. The molecule has 0 fully saturated rings. The number of ketones is 1. The summed E-state index contributed by atoms with van der Waals surface area (Å²) in [4.78, 5) is 39.6. The molecule has 1 aliphatic heterocycles. The van der Waals surface area contributed by atoms with Crippen molar-refractivity contribution in [3.05, 3.63) is 59.7 Å². The van der Waals surface area contributed by atoms with E-state index in [-0.39, 0.29) is 24.7 Å². The summed E-state index contributed by atoms with van der Waals surface area (Å²) in [6.07, 6.45) is 0.0763. The Hall–Kier alpha value is -2.60. The molecule has 5 nitrogen and oxygen atoms in total. The molecule has 1 heterocycles. The lowest BCUT2D eigenvalue weighted by molar-refractivity contribution is -0.146. The van der Waals surface area contributed by atoms with Crippen LogP contribution < -0.4 is 4.90 Å². The monoisotopic (exact) mass is 397 g/mol. The summed E-state index contributed by atoms with van der Waals surface area (Å²) < 4.78 is 5.31. The van der Waals surface area contributed by atoms with Crippen LogP contribution in [-0.2, 0) is 20.7 Å². The van der Waals surface area contributed by atoms with Gasteiger partial charge in [-0.25, -0.2) is 0 Å². The third-order valence-electron chi connectivity index (χ3n) is 4.67. The van der Waals surface area contributed by atoms with E-state index < -0.39 is 12.1 Å². The number of para-hydroxylation sites is 1. The zero-order valence-corrected chi connectivity index (χ0v) is 16.8. The van der Waals surface area contributed by atoms with Crippen LogP contribution >= 0.6 is 11.8 Å². The molecule has 0 aromatic heterocycles. The molecule has 2 aromatic rings. The van der Waals surface area contributed by atoms with Crippen molar-refractivity contribution in [2.24, 2.45) is 0 Å². The van der Waals surface area contributed by atoms with Gasteiger partial charge >= 0.3 is 5.97 Å². The first-order valence-corrected chi connectivity index (χ1v) is 10.3. The second kappa shape index (κ2) is 9.06. The highest BCUT2D eigenvalue weighted by Crippen LogP contribution is 2.34. The number of carbonyl (C=O) groups is 3. The number of Topliss-reactive ketones (excluding diaryl/α,β-unsaturated/α-hetero) is 1. The van der Waals surface area contributed by atoms with Crippen LogP contribution in [0.1, 0.15) is 36.2 Å². The first-order chi connectivity index (χ1) is 13.5. The molecule has 1 atom stereocenters. The van der Waals surface area contributed by atoms with E-state index in [0.717, 1.165) is 22.6 Å². The summed E-state index contributed by atoms with van der Waals surface area (Å²) in [7, 11) is 0. The number of thioether (sulfide) groups is 1. The average molecular weight is 397 g/mol. The van der Waals surface area contributed by atoms with E-state index in [9.17, 15) is 14.4 Å². The van der Waals surface area contributed by atoms with Crippen LogP contribution in [0.3, 0.4) is 0 Å². The molecule has 3 rings (SSSR count). The van der Waals surface area contributed by atoms with Crippen LogP contribution in [0, 0.1) is 0 Å². The smallest absolute Gasteiger partial charge is 0.308 e. The van der Waals surface area contributed by atoms with Crippen molar-refractivity contribution in [2.45, 2.75) is 37.7 Å². The molecule has 1 amide bonds. The van der Waals surface area contributed by atoms with E-state index >= 15 is 0 Å². The van der Waals surface area contributed by atoms with E-state index in [2.05, 4.69) is 0 Å². The number of hydrogen-bond acceptors (Lipinski definition) is 5. The summed E-state index contributed by atoms with van der Waals surface area (Å²) in [5.41, 5.74) is 2.48. The van der Waals surface area contributed by atoms with Gasteiger partial charge < -0.3 is 9.64 Å². The van der Waals surface area contributed by atoms with Gasteiger partial charge in [-0.15, -0.1) is 11.8 Å². The van der Waals surface area contributed by atoms with Crippen LogP contribution in [0.25, 0.3) is 0 Å². The normalized spacial score (nSPS) is 14.4. The standard InChI is InChI=1S/C22H23NO4S/c1-3-16-8-10-17(11-9-16)22(26)15(2)27-21(25)12-13-23-18-6-4-5-7-19(18)28-14-20(23)24/h4-11,15H,3,12-14H2,1-2H3/t15-/m1/s1. The van der Waals surface area contributed by atoms with Gasteiger partial charge in [0.1, 0.15) is 0 Å². The number of benzene rings is 2. The maximum absolute atomic E-state index is 12.5. The molecule has 146 valence electrons. The molecule has 0 radical (unpaired) electrons. The largest absolute Gasteiger partial charge is 0.454 e. The molecule has 0 saturated heterocycles. The highest BCUT2D eigenvalue weighted by atomic mass is 32.2. The fourth-order valence-electron chi connectivity index (χ4n) is 3.05. The van der Waals surface area contributed by atoms with Crippen LogP contribution in [0.5, 0.6) is 0 Å². The molecule has 2 aromatic carbocycles. The number of rotatable bonds is 7. The van der Waals surface area contributed by atoms with Gasteiger partial charge in [-0.1, -0.05) is 43.3 Å². The van der Waals surface area contributed by atoms with Crippen molar-refractivity contribution in [1.82, 2.24) is 0 Å².